The molecule has 25 heavy (non-hydrogen) atoms. The van der Waals surface area contributed by atoms with Crippen LogP contribution in [0.2, 0.25) is 5.02 Å². The van der Waals surface area contributed by atoms with Crippen LogP contribution in [0.25, 0.3) is 0 Å². The van der Waals surface area contributed by atoms with Gasteiger partial charge in [-0.1, -0.05) is 18.5 Å². The third-order valence-electron chi connectivity index (χ3n) is 4.29. The van der Waals surface area contributed by atoms with E-state index in [0.29, 0.717) is 30.2 Å². The smallest absolute Gasteiger partial charge is 0.272 e. The summed E-state index contributed by atoms with van der Waals surface area (Å²) in [6.07, 6.45) is 1.59. The molecular formula is C18H20ClFN4O. The highest BCUT2D eigenvalue weighted by Gasteiger charge is 2.22. The quantitative estimate of drug-likeness (QED) is 0.905. The van der Waals surface area contributed by atoms with Crippen LogP contribution in [0.4, 0.5) is 15.8 Å². The van der Waals surface area contributed by atoms with Crippen LogP contribution in [-0.4, -0.2) is 53.4 Å². The average Bonchev–Trinajstić information content (AvgIpc) is 2.64. The molecular weight excluding hydrogens is 343 g/mol. The SMILES string of the molecule is CCN1CCN(C(=O)c2cc(Nc3ccc(F)c(Cl)c3)ccn2)CC1. The van der Waals surface area contributed by atoms with Gasteiger partial charge in [-0.2, -0.15) is 0 Å². The maximum absolute atomic E-state index is 13.2. The number of hydrogen-bond acceptors (Lipinski definition) is 4. The van der Waals surface area contributed by atoms with Gasteiger partial charge in [0.25, 0.3) is 5.91 Å². The number of amides is 1. The van der Waals surface area contributed by atoms with E-state index in [4.69, 9.17) is 11.6 Å². The molecule has 0 unspecified atom stereocenters. The fourth-order valence-electron chi connectivity index (χ4n) is 2.79. The van der Waals surface area contributed by atoms with Gasteiger partial charge >= 0.3 is 0 Å². The molecule has 2 aromatic rings. The van der Waals surface area contributed by atoms with E-state index < -0.39 is 5.82 Å². The number of anilines is 2. The summed E-state index contributed by atoms with van der Waals surface area (Å²) in [7, 11) is 0. The minimum Gasteiger partial charge on any atom is -0.355 e. The maximum Gasteiger partial charge on any atom is 0.272 e. The molecule has 0 aliphatic carbocycles. The Kier molecular flexibility index (Phi) is 5.50. The zero-order valence-electron chi connectivity index (χ0n) is 14.0. The lowest BCUT2D eigenvalue weighted by atomic mass is 10.2. The first-order valence-corrected chi connectivity index (χ1v) is 8.64. The van der Waals surface area contributed by atoms with E-state index in [1.807, 2.05) is 4.90 Å². The Morgan fingerprint density at radius 3 is 2.60 bits per heavy atom. The first-order valence-electron chi connectivity index (χ1n) is 8.26. The molecule has 1 amide bonds. The molecule has 0 saturated carbocycles. The van der Waals surface area contributed by atoms with Crippen LogP contribution in [0.1, 0.15) is 17.4 Å². The first kappa shape index (κ1) is 17.6. The van der Waals surface area contributed by atoms with Crippen molar-refractivity contribution in [2.45, 2.75) is 6.92 Å². The van der Waals surface area contributed by atoms with Gasteiger partial charge < -0.3 is 15.1 Å². The molecule has 1 aromatic carbocycles. The van der Waals surface area contributed by atoms with Crippen LogP contribution in [0, 0.1) is 5.82 Å². The molecule has 0 atom stereocenters. The Morgan fingerprint density at radius 1 is 1.20 bits per heavy atom. The molecule has 132 valence electrons. The van der Waals surface area contributed by atoms with Crippen molar-refractivity contribution in [3.63, 3.8) is 0 Å². The molecule has 3 rings (SSSR count). The largest absolute Gasteiger partial charge is 0.355 e. The topological polar surface area (TPSA) is 48.5 Å². The van der Waals surface area contributed by atoms with Gasteiger partial charge in [-0.25, -0.2) is 4.39 Å². The molecule has 1 N–H and O–H groups in total. The Balaban J connectivity index is 1.70. The van der Waals surface area contributed by atoms with Crippen molar-refractivity contribution in [3.8, 4) is 0 Å². The summed E-state index contributed by atoms with van der Waals surface area (Å²) in [6.45, 7) is 6.30. The van der Waals surface area contributed by atoms with Gasteiger partial charge in [-0.3, -0.25) is 9.78 Å². The van der Waals surface area contributed by atoms with Crippen molar-refractivity contribution >= 4 is 28.9 Å². The molecule has 7 heteroatoms. The summed E-state index contributed by atoms with van der Waals surface area (Å²) in [5.41, 5.74) is 1.74. The number of nitrogens with zero attached hydrogens (tertiary/aromatic N) is 3. The molecule has 1 aliphatic rings. The highest BCUT2D eigenvalue weighted by molar-refractivity contribution is 6.31. The van der Waals surface area contributed by atoms with Crippen molar-refractivity contribution in [3.05, 3.63) is 53.1 Å². The number of carbonyl (C=O) groups is 1. The minimum atomic E-state index is -0.468. The number of rotatable bonds is 4. The van der Waals surface area contributed by atoms with E-state index in [0.717, 1.165) is 19.6 Å². The number of likely N-dealkylation sites (N-methyl/N-ethyl adjacent to an activating group) is 1. The van der Waals surface area contributed by atoms with Crippen LogP contribution in [0.3, 0.4) is 0 Å². The van der Waals surface area contributed by atoms with Crippen molar-refractivity contribution in [1.82, 2.24) is 14.8 Å². The van der Waals surface area contributed by atoms with E-state index in [-0.39, 0.29) is 10.9 Å². The van der Waals surface area contributed by atoms with Crippen LogP contribution in [-0.2, 0) is 0 Å². The molecule has 0 spiro atoms. The normalized spacial score (nSPS) is 15.2. The molecule has 1 saturated heterocycles. The lowest BCUT2D eigenvalue weighted by Gasteiger charge is -2.33. The van der Waals surface area contributed by atoms with E-state index in [1.54, 1.807) is 24.4 Å². The highest BCUT2D eigenvalue weighted by Crippen LogP contribution is 2.23. The fourth-order valence-corrected chi connectivity index (χ4v) is 2.98. The predicted molar refractivity (Wildman–Crippen MR) is 96.9 cm³/mol. The lowest BCUT2D eigenvalue weighted by Crippen LogP contribution is -2.48. The van der Waals surface area contributed by atoms with E-state index >= 15 is 0 Å². The molecule has 2 heterocycles. The standard InChI is InChI=1S/C18H20ClFN4O/c1-2-23-7-9-24(10-8-23)18(25)17-12-14(5-6-21-17)22-13-3-4-16(20)15(19)11-13/h3-6,11-12H,2,7-10H2,1H3,(H,21,22). The second-order valence-electron chi connectivity index (χ2n) is 5.91. The number of pyridine rings is 1. The molecule has 1 fully saturated rings. The van der Waals surface area contributed by atoms with Gasteiger partial charge in [-0.05, 0) is 36.9 Å². The Hall–Kier alpha value is -2.18. The summed E-state index contributed by atoms with van der Waals surface area (Å²) >= 11 is 5.79. The average molecular weight is 363 g/mol. The number of nitrogens with one attached hydrogen (secondary N) is 1. The number of benzene rings is 1. The zero-order valence-corrected chi connectivity index (χ0v) is 14.8. The number of halogens is 2. The summed E-state index contributed by atoms with van der Waals surface area (Å²) in [5.74, 6) is -0.541. The number of carbonyl (C=O) groups excluding carboxylic acids is 1. The van der Waals surface area contributed by atoms with E-state index in [2.05, 4.69) is 22.1 Å². The summed E-state index contributed by atoms with van der Waals surface area (Å²) < 4.78 is 13.2. The van der Waals surface area contributed by atoms with Gasteiger partial charge in [0.15, 0.2) is 0 Å². The molecule has 0 bridgehead atoms. The molecule has 1 aliphatic heterocycles. The number of hydrogen-bond donors (Lipinski definition) is 1. The number of piperazine rings is 1. The van der Waals surface area contributed by atoms with Gasteiger partial charge in [0.1, 0.15) is 11.5 Å². The fraction of sp³-hybridized carbons (Fsp3) is 0.333. The van der Waals surface area contributed by atoms with Gasteiger partial charge in [0, 0.05) is 43.8 Å². The monoisotopic (exact) mass is 362 g/mol. The molecule has 0 radical (unpaired) electrons. The maximum atomic E-state index is 13.2. The van der Waals surface area contributed by atoms with E-state index in [1.165, 1.54) is 12.1 Å². The van der Waals surface area contributed by atoms with Crippen LogP contribution in [0.5, 0.6) is 0 Å². The molecule has 5 nitrogen and oxygen atoms in total. The third-order valence-corrected chi connectivity index (χ3v) is 4.58. The lowest BCUT2D eigenvalue weighted by molar-refractivity contribution is 0.0637. The Labute approximate surface area is 151 Å². The third kappa shape index (κ3) is 4.27. The summed E-state index contributed by atoms with van der Waals surface area (Å²) in [5, 5.41) is 3.16. The van der Waals surface area contributed by atoms with E-state index in [9.17, 15) is 9.18 Å². The minimum absolute atomic E-state index is 0.0455. The van der Waals surface area contributed by atoms with Crippen LogP contribution < -0.4 is 5.32 Å². The predicted octanol–water partition coefficient (Wildman–Crippen LogP) is 3.40. The van der Waals surface area contributed by atoms with Gasteiger partial charge in [-0.15, -0.1) is 0 Å². The highest BCUT2D eigenvalue weighted by atomic mass is 35.5. The Bertz CT molecular complexity index is 762. The van der Waals surface area contributed by atoms with Gasteiger partial charge in [0.2, 0.25) is 0 Å². The van der Waals surface area contributed by atoms with Crippen LogP contribution >= 0.6 is 11.6 Å². The first-order chi connectivity index (χ1) is 12.1. The van der Waals surface area contributed by atoms with Gasteiger partial charge in [0.05, 0.1) is 5.02 Å². The summed E-state index contributed by atoms with van der Waals surface area (Å²) in [6, 6.07) is 7.84. The summed E-state index contributed by atoms with van der Waals surface area (Å²) in [4.78, 5) is 21.0. The van der Waals surface area contributed by atoms with Crippen molar-refractivity contribution in [2.24, 2.45) is 0 Å². The second-order valence-corrected chi connectivity index (χ2v) is 6.32. The zero-order chi connectivity index (χ0) is 17.8. The van der Waals surface area contributed by atoms with Crippen molar-refractivity contribution in [2.75, 3.05) is 38.0 Å². The van der Waals surface area contributed by atoms with Crippen LogP contribution in [0.15, 0.2) is 36.5 Å². The Morgan fingerprint density at radius 2 is 1.92 bits per heavy atom. The molecule has 1 aromatic heterocycles. The van der Waals surface area contributed by atoms with Crippen molar-refractivity contribution < 1.29 is 9.18 Å². The second kappa shape index (κ2) is 7.80. The number of aromatic nitrogens is 1. The van der Waals surface area contributed by atoms with Crippen molar-refractivity contribution in [1.29, 1.82) is 0 Å².